The molecule has 1 saturated carbocycles. The van der Waals surface area contributed by atoms with Gasteiger partial charge in [-0.3, -0.25) is 11.3 Å². The normalized spacial score (nSPS) is 25.4. The number of hydrazine groups is 1. The first-order valence-corrected chi connectivity index (χ1v) is 9.57. The predicted molar refractivity (Wildman–Crippen MR) is 84.8 cm³/mol. The Hall–Kier alpha value is -0.430. The molecule has 2 rings (SSSR count). The van der Waals surface area contributed by atoms with Gasteiger partial charge in [0.25, 0.3) is 0 Å². The molecule has 0 heterocycles. The van der Waals surface area contributed by atoms with E-state index in [0.29, 0.717) is 6.42 Å². The summed E-state index contributed by atoms with van der Waals surface area (Å²) in [6, 6.07) is 7.92. The molecule has 1 fully saturated rings. The van der Waals surface area contributed by atoms with Gasteiger partial charge < -0.3 is 0 Å². The molecule has 6 heteroatoms. The number of nitrogens with one attached hydrogen (secondary N) is 1. The summed E-state index contributed by atoms with van der Waals surface area (Å²) in [5.41, 5.74) is 3.97. The Kier molecular flexibility index (Phi) is 5.23. The molecule has 1 aromatic carbocycles. The summed E-state index contributed by atoms with van der Waals surface area (Å²) in [4.78, 5) is 0. The van der Waals surface area contributed by atoms with Crippen LogP contribution in [-0.4, -0.2) is 19.9 Å². The molecule has 0 amide bonds. The predicted octanol–water partition coefficient (Wildman–Crippen LogP) is 2.56. The van der Waals surface area contributed by atoms with Crippen LogP contribution in [0.3, 0.4) is 0 Å². The summed E-state index contributed by atoms with van der Waals surface area (Å²) >= 11 is 3.55. The first kappa shape index (κ1) is 15.9. The van der Waals surface area contributed by atoms with Crippen molar-refractivity contribution in [3.63, 3.8) is 0 Å². The van der Waals surface area contributed by atoms with Gasteiger partial charge in [-0.05, 0) is 36.8 Å². The van der Waals surface area contributed by atoms with E-state index in [2.05, 4.69) is 21.4 Å². The minimum absolute atomic E-state index is 0.0184. The molecule has 3 atom stereocenters. The van der Waals surface area contributed by atoms with Gasteiger partial charge in [-0.2, -0.15) is 0 Å². The van der Waals surface area contributed by atoms with Crippen LogP contribution in [0.25, 0.3) is 0 Å². The van der Waals surface area contributed by atoms with Gasteiger partial charge >= 0.3 is 0 Å². The van der Waals surface area contributed by atoms with Gasteiger partial charge in [0.1, 0.15) is 9.84 Å². The van der Waals surface area contributed by atoms with E-state index in [0.717, 1.165) is 29.3 Å². The molecule has 0 aromatic heterocycles. The van der Waals surface area contributed by atoms with Crippen LogP contribution < -0.4 is 11.3 Å². The lowest BCUT2D eigenvalue weighted by Gasteiger charge is -2.34. The molecular formula is C14H21BrN2O2S. The fraction of sp³-hybridized carbons (Fsp3) is 0.571. The molecule has 0 aliphatic heterocycles. The Balaban J connectivity index is 2.22. The zero-order valence-electron chi connectivity index (χ0n) is 11.5. The zero-order valence-corrected chi connectivity index (χ0v) is 14.0. The molecule has 1 aromatic rings. The van der Waals surface area contributed by atoms with Crippen molar-refractivity contribution in [1.82, 2.24) is 5.43 Å². The molecule has 3 unspecified atom stereocenters. The molecule has 112 valence electrons. The molecule has 0 radical (unpaired) electrons. The molecule has 0 saturated heterocycles. The number of hydrogen-bond acceptors (Lipinski definition) is 4. The molecule has 1 aliphatic rings. The van der Waals surface area contributed by atoms with E-state index in [1.54, 1.807) is 0 Å². The van der Waals surface area contributed by atoms with Gasteiger partial charge in [-0.25, -0.2) is 8.42 Å². The first-order chi connectivity index (χ1) is 9.43. The highest BCUT2D eigenvalue weighted by Gasteiger charge is 2.33. The summed E-state index contributed by atoms with van der Waals surface area (Å²) in [5, 5.41) is -0.236. The van der Waals surface area contributed by atoms with Crippen LogP contribution in [0.4, 0.5) is 0 Å². The van der Waals surface area contributed by atoms with Crippen molar-refractivity contribution < 1.29 is 8.42 Å². The largest absolute Gasteiger partial charge is 0.271 e. The van der Waals surface area contributed by atoms with Crippen LogP contribution in [0.2, 0.25) is 0 Å². The number of hydrogen-bond donors (Lipinski definition) is 2. The molecule has 4 nitrogen and oxygen atoms in total. The number of rotatable bonds is 4. The summed E-state index contributed by atoms with van der Waals surface area (Å²) < 4.78 is 24.6. The number of benzene rings is 1. The number of halogens is 1. The van der Waals surface area contributed by atoms with E-state index in [4.69, 9.17) is 5.84 Å². The van der Waals surface area contributed by atoms with Gasteiger partial charge in [0.2, 0.25) is 0 Å². The lowest BCUT2D eigenvalue weighted by Crippen LogP contribution is -2.38. The second-order valence-corrected chi connectivity index (χ2v) is 8.72. The van der Waals surface area contributed by atoms with Gasteiger partial charge in [0.15, 0.2) is 0 Å². The van der Waals surface area contributed by atoms with Crippen molar-refractivity contribution in [2.45, 2.75) is 37.0 Å². The van der Waals surface area contributed by atoms with Crippen molar-refractivity contribution in [1.29, 1.82) is 0 Å². The highest BCUT2D eigenvalue weighted by molar-refractivity contribution is 9.10. The van der Waals surface area contributed by atoms with E-state index in [1.807, 2.05) is 24.3 Å². The van der Waals surface area contributed by atoms with Gasteiger partial charge in [-0.15, -0.1) is 0 Å². The van der Waals surface area contributed by atoms with Gasteiger partial charge in [0.05, 0.1) is 5.25 Å². The summed E-state index contributed by atoms with van der Waals surface area (Å²) in [6.07, 6.45) is 4.72. The minimum Gasteiger partial charge on any atom is -0.271 e. The molecule has 3 N–H and O–H groups in total. The zero-order chi connectivity index (χ0) is 14.8. The molecule has 1 aliphatic carbocycles. The third-order valence-corrected chi connectivity index (χ3v) is 6.52. The Bertz CT molecular complexity index is 562. The fourth-order valence-electron chi connectivity index (χ4n) is 3.08. The maximum Gasteiger partial charge on any atom is 0.150 e. The first-order valence-electron chi connectivity index (χ1n) is 6.83. The molecule has 20 heavy (non-hydrogen) atoms. The van der Waals surface area contributed by atoms with Gasteiger partial charge in [0, 0.05) is 16.8 Å². The summed E-state index contributed by atoms with van der Waals surface area (Å²) in [5.74, 6) is 5.98. The average Bonchev–Trinajstić information content (AvgIpc) is 2.41. The van der Waals surface area contributed by atoms with Crippen molar-refractivity contribution in [3.8, 4) is 0 Å². The Morgan fingerprint density at radius 2 is 2.05 bits per heavy atom. The van der Waals surface area contributed by atoms with Crippen LogP contribution >= 0.6 is 15.9 Å². The van der Waals surface area contributed by atoms with E-state index in [1.165, 1.54) is 6.26 Å². The SMILES string of the molecule is CS(=O)(=O)C1CCCC(C(NN)c2ccccc2Br)C1. The van der Waals surface area contributed by atoms with Crippen molar-refractivity contribution in [2.75, 3.05) is 6.26 Å². The van der Waals surface area contributed by atoms with E-state index in [9.17, 15) is 8.42 Å². The average molecular weight is 361 g/mol. The Labute approximate surface area is 129 Å². The Morgan fingerprint density at radius 1 is 1.35 bits per heavy atom. The standard InChI is InChI=1S/C14H21BrN2O2S/c1-20(18,19)11-6-4-5-10(9-11)14(17-16)12-7-2-3-8-13(12)15/h2-3,7-8,10-11,14,17H,4-6,9,16H2,1H3. The number of sulfone groups is 1. The van der Waals surface area contributed by atoms with Crippen molar-refractivity contribution >= 4 is 25.8 Å². The maximum atomic E-state index is 11.8. The molecular weight excluding hydrogens is 340 g/mol. The topological polar surface area (TPSA) is 72.2 Å². The Morgan fingerprint density at radius 3 is 2.65 bits per heavy atom. The fourth-order valence-corrected chi connectivity index (χ4v) is 4.80. The summed E-state index contributed by atoms with van der Waals surface area (Å²) in [7, 11) is -2.97. The lowest BCUT2D eigenvalue weighted by molar-refractivity contribution is 0.274. The lowest BCUT2D eigenvalue weighted by atomic mass is 9.81. The third-order valence-electron chi connectivity index (χ3n) is 4.16. The molecule has 0 bridgehead atoms. The van der Waals surface area contributed by atoms with E-state index >= 15 is 0 Å². The second-order valence-electron chi connectivity index (χ2n) is 5.54. The maximum absolute atomic E-state index is 11.8. The van der Waals surface area contributed by atoms with Crippen LogP contribution in [0.5, 0.6) is 0 Å². The van der Waals surface area contributed by atoms with Crippen LogP contribution in [0.1, 0.15) is 37.3 Å². The second kappa shape index (κ2) is 6.56. The highest BCUT2D eigenvalue weighted by atomic mass is 79.9. The van der Waals surface area contributed by atoms with Crippen molar-refractivity contribution in [3.05, 3.63) is 34.3 Å². The molecule has 0 spiro atoms. The minimum atomic E-state index is -2.97. The van der Waals surface area contributed by atoms with E-state index in [-0.39, 0.29) is 17.2 Å². The van der Waals surface area contributed by atoms with Crippen LogP contribution in [0.15, 0.2) is 28.7 Å². The smallest absolute Gasteiger partial charge is 0.150 e. The third kappa shape index (κ3) is 3.61. The van der Waals surface area contributed by atoms with Crippen molar-refractivity contribution in [2.24, 2.45) is 11.8 Å². The highest BCUT2D eigenvalue weighted by Crippen LogP contribution is 2.38. The van der Waals surface area contributed by atoms with Crippen LogP contribution in [-0.2, 0) is 9.84 Å². The quantitative estimate of drug-likeness (QED) is 0.639. The monoisotopic (exact) mass is 360 g/mol. The van der Waals surface area contributed by atoms with Gasteiger partial charge in [-0.1, -0.05) is 40.5 Å². The number of nitrogens with two attached hydrogens (primary N) is 1. The van der Waals surface area contributed by atoms with E-state index < -0.39 is 9.84 Å². The van der Waals surface area contributed by atoms with Crippen LogP contribution in [0, 0.1) is 5.92 Å². The summed E-state index contributed by atoms with van der Waals surface area (Å²) in [6.45, 7) is 0.